The number of nitrogens with zero attached hydrogens (tertiary/aromatic N) is 3. The highest BCUT2D eigenvalue weighted by Gasteiger charge is 2.14. The average molecular weight is 285 g/mol. The lowest BCUT2D eigenvalue weighted by Crippen LogP contribution is -2.01. The molecule has 0 saturated heterocycles. The number of aryl methyl sites for hydroxylation is 3. The van der Waals surface area contributed by atoms with Crippen molar-refractivity contribution >= 4 is 0 Å². The fourth-order valence-electron chi connectivity index (χ4n) is 1.80. The highest BCUT2D eigenvalue weighted by atomic mass is 16.5. The van der Waals surface area contributed by atoms with E-state index in [0.29, 0.717) is 29.0 Å². The number of oxazole rings is 1. The van der Waals surface area contributed by atoms with E-state index < -0.39 is 0 Å². The largest absolute Gasteiger partial charge is 0.470 e. The maximum absolute atomic E-state index is 5.61. The number of aromatic nitrogens is 3. The third-order valence-corrected chi connectivity index (χ3v) is 3.19. The van der Waals surface area contributed by atoms with E-state index in [1.54, 1.807) is 18.4 Å². The van der Waals surface area contributed by atoms with Crippen molar-refractivity contribution in [2.45, 2.75) is 27.4 Å². The van der Waals surface area contributed by atoms with Crippen molar-refractivity contribution in [3.63, 3.8) is 0 Å². The van der Waals surface area contributed by atoms with Crippen LogP contribution in [-0.4, -0.2) is 15.2 Å². The SMILES string of the molecule is Cc1cc(OCc2nc(-c3ccco3)oc2C)nnc1C. The Morgan fingerprint density at radius 3 is 2.76 bits per heavy atom. The topological polar surface area (TPSA) is 74.2 Å². The highest BCUT2D eigenvalue weighted by molar-refractivity contribution is 5.44. The molecule has 0 atom stereocenters. The fraction of sp³-hybridized carbons (Fsp3) is 0.267. The molecular weight excluding hydrogens is 270 g/mol. The number of hydrogen-bond acceptors (Lipinski definition) is 6. The standard InChI is InChI=1S/C15H15N3O3/c1-9-7-14(18-17-10(9)2)20-8-12-11(3)21-15(16-12)13-5-4-6-19-13/h4-7H,8H2,1-3H3. The van der Waals surface area contributed by atoms with Gasteiger partial charge in [0.2, 0.25) is 5.88 Å². The van der Waals surface area contributed by atoms with Crippen LogP contribution in [-0.2, 0) is 6.61 Å². The Hall–Kier alpha value is -2.63. The molecule has 3 aromatic heterocycles. The van der Waals surface area contributed by atoms with Gasteiger partial charge in [0.05, 0.1) is 12.0 Å². The van der Waals surface area contributed by atoms with Gasteiger partial charge in [-0.2, -0.15) is 5.10 Å². The zero-order valence-electron chi connectivity index (χ0n) is 12.1. The van der Waals surface area contributed by atoms with Gasteiger partial charge in [-0.25, -0.2) is 4.98 Å². The van der Waals surface area contributed by atoms with Crippen LogP contribution in [0.2, 0.25) is 0 Å². The second-order valence-electron chi connectivity index (χ2n) is 4.74. The lowest BCUT2D eigenvalue weighted by atomic mass is 10.2. The van der Waals surface area contributed by atoms with Crippen LogP contribution in [0, 0.1) is 20.8 Å². The Balaban J connectivity index is 1.74. The second-order valence-corrected chi connectivity index (χ2v) is 4.74. The molecule has 6 heteroatoms. The minimum atomic E-state index is 0.271. The normalized spacial score (nSPS) is 10.8. The zero-order chi connectivity index (χ0) is 14.8. The first kappa shape index (κ1) is 13.4. The molecule has 6 nitrogen and oxygen atoms in total. The van der Waals surface area contributed by atoms with Gasteiger partial charge in [-0.3, -0.25) is 0 Å². The quantitative estimate of drug-likeness (QED) is 0.732. The van der Waals surface area contributed by atoms with Crippen LogP contribution in [0.15, 0.2) is 33.3 Å². The van der Waals surface area contributed by atoms with Crippen molar-refractivity contribution in [1.29, 1.82) is 0 Å². The lowest BCUT2D eigenvalue weighted by molar-refractivity contribution is 0.283. The van der Waals surface area contributed by atoms with Gasteiger partial charge in [0.1, 0.15) is 18.1 Å². The molecule has 0 amide bonds. The molecule has 0 fully saturated rings. The van der Waals surface area contributed by atoms with E-state index in [1.807, 2.05) is 26.8 Å². The van der Waals surface area contributed by atoms with Crippen molar-refractivity contribution in [2.24, 2.45) is 0 Å². The second kappa shape index (κ2) is 5.40. The molecule has 0 aromatic carbocycles. The molecule has 0 aliphatic heterocycles. The Morgan fingerprint density at radius 2 is 2.05 bits per heavy atom. The third-order valence-electron chi connectivity index (χ3n) is 3.19. The van der Waals surface area contributed by atoms with Crippen LogP contribution >= 0.6 is 0 Å². The summed E-state index contributed by atoms with van der Waals surface area (Å²) in [5.74, 6) is 2.20. The fourth-order valence-corrected chi connectivity index (χ4v) is 1.80. The van der Waals surface area contributed by atoms with Crippen LogP contribution in [0.3, 0.4) is 0 Å². The first-order chi connectivity index (χ1) is 10.1. The minimum Gasteiger partial charge on any atom is -0.470 e. The van der Waals surface area contributed by atoms with E-state index in [0.717, 1.165) is 11.3 Å². The van der Waals surface area contributed by atoms with Crippen LogP contribution < -0.4 is 4.74 Å². The van der Waals surface area contributed by atoms with E-state index in [-0.39, 0.29) is 6.61 Å². The van der Waals surface area contributed by atoms with Gasteiger partial charge >= 0.3 is 0 Å². The van der Waals surface area contributed by atoms with Crippen LogP contribution in [0.5, 0.6) is 5.88 Å². The number of hydrogen-bond donors (Lipinski definition) is 0. The smallest absolute Gasteiger partial charge is 0.263 e. The van der Waals surface area contributed by atoms with Crippen molar-refractivity contribution in [1.82, 2.24) is 15.2 Å². The van der Waals surface area contributed by atoms with E-state index in [2.05, 4.69) is 15.2 Å². The minimum absolute atomic E-state index is 0.271. The highest BCUT2D eigenvalue weighted by Crippen LogP contribution is 2.22. The van der Waals surface area contributed by atoms with Gasteiger partial charge in [-0.15, -0.1) is 5.10 Å². The van der Waals surface area contributed by atoms with Crippen molar-refractivity contribution < 1.29 is 13.6 Å². The first-order valence-corrected chi connectivity index (χ1v) is 6.57. The maximum Gasteiger partial charge on any atom is 0.263 e. The van der Waals surface area contributed by atoms with Crippen LogP contribution in [0.1, 0.15) is 22.7 Å². The summed E-state index contributed by atoms with van der Waals surface area (Å²) < 4.78 is 16.4. The summed E-state index contributed by atoms with van der Waals surface area (Å²) in [6, 6.07) is 5.44. The van der Waals surface area contributed by atoms with Crippen LogP contribution in [0.25, 0.3) is 11.7 Å². The Bertz CT molecular complexity index is 748. The molecule has 0 spiro atoms. The van der Waals surface area contributed by atoms with E-state index in [4.69, 9.17) is 13.6 Å². The Kier molecular flexibility index (Phi) is 3.43. The maximum atomic E-state index is 5.61. The van der Waals surface area contributed by atoms with E-state index >= 15 is 0 Å². The molecule has 0 saturated carbocycles. The number of rotatable bonds is 4. The zero-order valence-corrected chi connectivity index (χ0v) is 12.1. The Morgan fingerprint density at radius 1 is 1.19 bits per heavy atom. The predicted octanol–water partition coefficient (Wildman–Crippen LogP) is 3.23. The summed E-state index contributed by atoms with van der Waals surface area (Å²) in [6.07, 6.45) is 1.58. The molecule has 0 bridgehead atoms. The van der Waals surface area contributed by atoms with Gasteiger partial charge < -0.3 is 13.6 Å². The summed E-state index contributed by atoms with van der Waals surface area (Å²) in [5, 5.41) is 8.02. The van der Waals surface area contributed by atoms with E-state index in [9.17, 15) is 0 Å². The molecule has 0 unspecified atom stereocenters. The summed E-state index contributed by atoms with van der Waals surface area (Å²) in [7, 11) is 0. The van der Waals surface area contributed by atoms with Gasteiger partial charge in [-0.1, -0.05) is 0 Å². The lowest BCUT2D eigenvalue weighted by Gasteiger charge is -2.04. The molecule has 3 aromatic rings. The third kappa shape index (κ3) is 2.79. The Labute approximate surface area is 121 Å². The van der Waals surface area contributed by atoms with Crippen molar-refractivity contribution in [2.75, 3.05) is 0 Å². The summed E-state index contributed by atoms with van der Waals surface area (Å²) in [5.41, 5.74) is 2.63. The molecule has 0 aliphatic carbocycles. The van der Waals surface area contributed by atoms with Gasteiger partial charge in [-0.05, 0) is 38.5 Å². The molecule has 0 aliphatic rings. The molecule has 0 radical (unpaired) electrons. The van der Waals surface area contributed by atoms with Gasteiger partial charge in [0, 0.05) is 6.07 Å². The van der Waals surface area contributed by atoms with Gasteiger partial charge in [0.25, 0.3) is 5.89 Å². The molecule has 0 N–H and O–H groups in total. The molecular formula is C15H15N3O3. The molecule has 3 rings (SSSR count). The molecule has 21 heavy (non-hydrogen) atoms. The van der Waals surface area contributed by atoms with Crippen molar-refractivity contribution in [3.8, 4) is 17.5 Å². The summed E-state index contributed by atoms with van der Waals surface area (Å²) >= 11 is 0. The summed E-state index contributed by atoms with van der Waals surface area (Å²) in [4.78, 5) is 4.37. The van der Waals surface area contributed by atoms with Crippen molar-refractivity contribution in [3.05, 3.63) is 47.2 Å². The number of ether oxygens (including phenoxy) is 1. The molecule has 108 valence electrons. The number of furan rings is 1. The van der Waals surface area contributed by atoms with E-state index in [1.165, 1.54) is 0 Å². The molecule has 3 heterocycles. The first-order valence-electron chi connectivity index (χ1n) is 6.57. The summed E-state index contributed by atoms with van der Waals surface area (Å²) in [6.45, 7) is 5.98. The average Bonchev–Trinajstić information content (AvgIpc) is 3.10. The van der Waals surface area contributed by atoms with Crippen LogP contribution in [0.4, 0.5) is 0 Å². The monoisotopic (exact) mass is 285 g/mol. The van der Waals surface area contributed by atoms with Gasteiger partial charge in [0.15, 0.2) is 5.76 Å². The predicted molar refractivity (Wildman–Crippen MR) is 74.8 cm³/mol.